The molecule has 3 aromatic rings. The lowest BCUT2D eigenvalue weighted by Gasteiger charge is -2.29. The van der Waals surface area contributed by atoms with Crippen molar-refractivity contribution >= 4 is 11.9 Å². The third kappa shape index (κ3) is 6.16. The Morgan fingerprint density at radius 1 is 0.950 bits per heavy atom. The highest BCUT2D eigenvalue weighted by Gasteiger charge is 2.54. The first-order chi connectivity index (χ1) is 19.5. The lowest BCUT2D eigenvalue weighted by atomic mass is 9.80. The zero-order valence-corrected chi connectivity index (χ0v) is 21.5. The number of ether oxygens (including phenoxy) is 2. The lowest BCUT2D eigenvalue weighted by Crippen LogP contribution is -2.43. The first-order valence-electron chi connectivity index (χ1n) is 12.5. The summed E-state index contributed by atoms with van der Waals surface area (Å²) in [7, 11) is 0. The smallest absolute Gasteiger partial charge is 0.336 e. The van der Waals surface area contributed by atoms with Crippen LogP contribution in [0.15, 0.2) is 88.0 Å². The molecule has 204 valence electrons. The van der Waals surface area contributed by atoms with Crippen LogP contribution in [0.3, 0.4) is 0 Å². The van der Waals surface area contributed by atoms with Crippen LogP contribution in [-0.4, -0.2) is 40.8 Å². The number of hydrogen-bond donors (Lipinski definition) is 2. The van der Waals surface area contributed by atoms with Crippen molar-refractivity contribution in [2.75, 3.05) is 13.2 Å². The number of nitrogens with zero attached hydrogens (tertiary/aromatic N) is 7. The van der Waals surface area contributed by atoms with Gasteiger partial charge >= 0.3 is 5.97 Å². The Morgan fingerprint density at radius 3 is 2.23 bits per heavy atom. The van der Waals surface area contributed by atoms with Gasteiger partial charge in [-0.25, -0.2) is 9.79 Å². The van der Waals surface area contributed by atoms with Crippen molar-refractivity contribution in [3.8, 4) is 5.75 Å². The number of carboxylic acids is 1. The minimum atomic E-state index is -1.79. The minimum Gasteiger partial charge on any atom is -0.494 e. The van der Waals surface area contributed by atoms with Gasteiger partial charge in [-0.05, 0) is 57.6 Å². The van der Waals surface area contributed by atoms with Gasteiger partial charge in [-0.3, -0.25) is 0 Å². The fourth-order valence-electron chi connectivity index (χ4n) is 4.57. The van der Waals surface area contributed by atoms with Gasteiger partial charge in [0.05, 0.1) is 19.7 Å². The molecule has 1 aliphatic rings. The van der Waals surface area contributed by atoms with Gasteiger partial charge in [-0.2, -0.15) is 0 Å². The summed E-state index contributed by atoms with van der Waals surface area (Å²) < 4.78 is 11.9. The average Bonchev–Trinajstić information content (AvgIpc) is 3.36. The summed E-state index contributed by atoms with van der Waals surface area (Å²) in [6.07, 6.45) is -0.610. The molecule has 2 atom stereocenters. The van der Waals surface area contributed by atoms with Crippen molar-refractivity contribution in [1.82, 2.24) is 0 Å². The number of aliphatic carboxylic acids is 1. The van der Waals surface area contributed by atoms with Crippen LogP contribution in [0.5, 0.6) is 5.75 Å². The van der Waals surface area contributed by atoms with Crippen molar-refractivity contribution in [1.29, 1.82) is 0 Å². The summed E-state index contributed by atoms with van der Waals surface area (Å²) in [5.74, 6) is -0.474. The van der Waals surface area contributed by atoms with Gasteiger partial charge in [-0.1, -0.05) is 58.8 Å². The standard InChI is InChI=1S/C28H27N7O5/c29-34-31-17-21-7-2-1-6-20(21)16-28(27(37)38)25(24-9-4-3-8-22(24)18-32-35-30)40-26(33-28)19-10-12-23(13-11-19)39-15-5-14-36/h1-4,6-13,25,36H,5,14-18H2,(H,37,38)/t25-,28-/m1/s1. The molecule has 0 bridgehead atoms. The maximum Gasteiger partial charge on any atom is 0.336 e. The van der Waals surface area contributed by atoms with E-state index in [4.69, 9.17) is 30.6 Å². The van der Waals surface area contributed by atoms with E-state index >= 15 is 0 Å². The number of azide groups is 2. The van der Waals surface area contributed by atoms with Gasteiger partial charge in [0.2, 0.25) is 11.4 Å². The monoisotopic (exact) mass is 541 g/mol. The molecule has 0 radical (unpaired) electrons. The molecule has 0 aliphatic carbocycles. The Morgan fingerprint density at radius 2 is 1.57 bits per heavy atom. The van der Waals surface area contributed by atoms with Gasteiger partial charge in [-0.15, -0.1) is 0 Å². The molecule has 1 heterocycles. The van der Waals surface area contributed by atoms with Crippen LogP contribution < -0.4 is 4.74 Å². The van der Waals surface area contributed by atoms with Gasteiger partial charge < -0.3 is 19.7 Å². The summed E-state index contributed by atoms with van der Waals surface area (Å²) in [5.41, 5.74) is 19.0. The van der Waals surface area contributed by atoms with E-state index in [1.54, 1.807) is 72.8 Å². The van der Waals surface area contributed by atoms with Crippen LogP contribution in [0.25, 0.3) is 20.9 Å². The second-order valence-electron chi connectivity index (χ2n) is 9.02. The van der Waals surface area contributed by atoms with E-state index < -0.39 is 17.6 Å². The number of carbonyl (C=O) groups is 1. The van der Waals surface area contributed by atoms with Crippen molar-refractivity contribution in [3.05, 3.63) is 121 Å². The Balaban J connectivity index is 1.81. The third-order valence-electron chi connectivity index (χ3n) is 6.53. The summed E-state index contributed by atoms with van der Waals surface area (Å²) in [6, 6.07) is 21.1. The number of aliphatic imine (C=N–C) groups is 1. The van der Waals surface area contributed by atoms with Crippen LogP contribution in [0.4, 0.5) is 0 Å². The first-order valence-corrected chi connectivity index (χ1v) is 12.5. The van der Waals surface area contributed by atoms with E-state index in [2.05, 4.69) is 20.1 Å². The molecular formula is C28H27N7O5. The molecule has 40 heavy (non-hydrogen) atoms. The van der Waals surface area contributed by atoms with Crippen LogP contribution in [0.1, 0.15) is 40.3 Å². The normalized spacial score (nSPS) is 17.6. The molecule has 0 spiro atoms. The number of benzene rings is 3. The molecule has 0 saturated heterocycles. The van der Waals surface area contributed by atoms with E-state index in [0.29, 0.717) is 46.6 Å². The Kier molecular flexibility index (Phi) is 9.22. The molecule has 1 aliphatic heterocycles. The van der Waals surface area contributed by atoms with Gasteiger partial charge in [0.15, 0.2) is 6.10 Å². The number of aliphatic hydroxyl groups excluding tert-OH is 1. The molecule has 0 unspecified atom stereocenters. The summed E-state index contributed by atoms with van der Waals surface area (Å²) >= 11 is 0. The number of rotatable bonds is 13. The van der Waals surface area contributed by atoms with Gasteiger partial charge in [0.25, 0.3) is 0 Å². The molecule has 0 saturated carbocycles. The predicted molar refractivity (Wildman–Crippen MR) is 147 cm³/mol. The summed E-state index contributed by atoms with van der Waals surface area (Å²) in [4.78, 5) is 23.5. The van der Waals surface area contributed by atoms with E-state index in [0.717, 1.165) is 0 Å². The summed E-state index contributed by atoms with van der Waals surface area (Å²) in [5, 5.41) is 27.0. The molecule has 2 N–H and O–H groups in total. The quantitative estimate of drug-likeness (QED) is 0.122. The van der Waals surface area contributed by atoms with Crippen molar-refractivity contribution in [2.45, 2.75) is 37.6 Å². The third-order valence-corrected chi connectivity index (χ3v) is 6.53. The van der Waals surface area contributed by atoms with E-state index in [-0.39, 0.29) is 32.0 Å². The zero-order valence-electron chi connectivity index (χ0n) is 21.5. The second kappa shape index (κ2) is 13.2. The molecule has 0 amide bonds. The highest BCUT2D eigenvalue weighted by atomic mass is 16.5. The maximum absolute atomic E-state index is 13.1. The van der Waals surface area contributed by atoms with Gasteiger partial charge in [0, 0.05) is 34.8 Å². The average molecular weight is 542 g/mol. The molecule has 12 nitrogen and oxygen atoms in total. The molecule has 4 rings (SSSR count). The van der Waals surface area contributed by atoms with E-state index in [9.17, 15) is 9.90 Å². The lowest BCUT2D eigenvalue weighted by molar-refractivity contribution is -0.146. The highest BCUT2D eigenvalue weighted by Crippen LogP contribution is 2.44. The van der Waals surface area contributed by atoms with Crippen LogP contribution in [0.2, 0.25) is 0 Å². The van der Waals surface area contributed by atoms with E-state index in [1.807, 2.05) is 0 Å². The Labute approximate surface area is 229 Å². The van der Waals surface area contributed by atoms with Crippen molar-refractivity contribution in [3.63, 3.8) is 0 Å². The minimum absolute atomic E-state index is 0.00487. The molecular weight excluding hydrogens is 514 g/mol. The first kappa shape index (κ1) is 28.0. The number of carboxylic acid groups (broad SMARTS) is 1. The topological polar surface area (TPSA) is 186 Å². The molecule has 0 aromatic heterocycles. The summed E-state index contributed by atoms with van der Waals surface area (Å²) in [6.45, 7) is 0.434. The zero-order chi connectivity index (χ0) is 28.4. The largest absolute Gasteiger partial charge is 0.494 e. The SMILES string of the molecule is [N-]=[N+]=NCc1ccccc1C[C@@]1(C(=O)O)N=C(c2ccc(OCCCO)cc2)O[C@@H]1c1ccccc1CN=[N+]=[N-]. The second-order valence-corrected chi connectivity index (χ2v) is 9.02. The highest BCUT2D eigenvalue weighted by molar-refractivity contribution is 5.99. The Hall–Kier alpha value is -5.02. The fraction of sp³-hybridized carbons (Fsp3) is 0.286. The van der Waals surface area contributed by atoms with Crippen LogP contribution in [0, 0.1) is 0 Å². The predicted octanol–water partition coefficient (Wildman–Crippen LogP) is 5.65. The fourth-order valence-corrected chi connectivity index (χ4v) is 4.57. The maximum atomic E-state index is 13.1. The number of hydrogen-bond acceptors (Lipinski definition) is 7. The van der Waals surface area contributed by atoms with Crippen molar-refractivity contribution in [2.24, 2.45) is 15.2 Å². The number of aliphatic hydroxyl groups is 1. The van der Waals surface area contributed by atoms with Crippen molar-refractivity contribution < 1.29 is 24.5 Å². The Bertz CT molecular complexity index is 1480. The van der Waals surface area contributed by atoms with Crippen LogP contribution >= 0.6 is 0 Å². The van der Waals surface area contributed by atoms with Crippen LogP contribution in [-0.2, 0) is 29.0 Å². The molecule has 0 fully saturated rings. The van der Waals surface area contributed by atoms with Gasteiger partial charge in [0.1, 0.15) is 5.75 Å². The molecule has 3 aromatic carbocycles. The van der Waals surface area contributed by atoms with E-state index in [1.165, 1.54) is 0 Å². The molecule has 12 heteroatoms.